The molecule has 0 spiro atoms. The van der Waals surface area contributed by atoms with Crippen molar-refractivity contribution < 1.29 is 24.2 Å². The molecule has 0 saturated heterocycles. The van der Waals surface area contributed by atoms with Crippen molar-refractivity contribution in [1.29, 1.82) is 0 Å². The molecule has 4 rings (SSSR count). The smallest absolute Gasteiger partial charge is 0.302 e. The summed E-state index contributed by atoms with van der Waals surface area (Å²) in [6.07, 6.45) is 7.71. The normalized spacial score (nSPS) is 51.4. The third-order valence-corrected chi connectivity index (χ3v) is 9.36. The molecule has 4 fully saturated rings. The van der Waals surface area contributed by atoms with Crippen LogP contribution >= 0.6 is 0 Å². The van der Waals surface area contributed by atoms with E-state index in [0.29, 0.717) is 24.2 Å². The van der Waals surface area contributed by atoms with Gasteiger partial charge in [0, 0.05) is 19.3 Å². The van der Waals surface area contributed by atoms with Crippen LogP contribution in [0.2, 0.25) is 0 Å². The van der Waals surface area contributed by atoms with Crippen molar-refractivity contribution in [2.75, 3.05) is 0 Å². The Morgan fingerprint density at radius 3 is 2.24 bits per heavy atom. The molecule has 0 aromatic heterocycles. The molecule has 0 aromatic rings. The number of fused-ring (bicyclic) bond motifs is 5. The first-order chi connectivity index (χ1) is 13.5. The summed E-state index contributed by atoms with van der Waals surface area (Å²) < 4.78 is 11.3. The predicted molar refractivity (Wildman–Crippen MR) is 109 cm³/mol. The SMILES string of the molecule is CC(=O)O[C@@H]1CC[C@@]2(C)[C@@H](CC[C@@H]3[C@@H]4CC[C@@H](OC(C)=O)[C@@]4(C)C[C@](C)(O)[C@@H]32)C1. The maximum absolute atomic E-state index is 11.8. The fourth-order valence-corrected chi connectivity index (χ4v) is 8.69. The minimum atomic E-state index is -0.777. The van der Waals surface area contributed by atoms with E-state index in [1.165, 1.54) is 13.8 Å². The Kier molecular flexibility index (Phi) is 5.08. The van der Waals surface area contributed by atoms with Crippen LogP contribution in [0.4, 0.5) is 0 Å². The second kappa shape index (κ2) is 6.96. The summed E-state index contributed by atoms with van der Waals surface area (Å²) in [5.41, 5.74) is -0.848. The highest BCUT2D eigenvalue weighted by molar-refractivity contribution is 5.66. The molecule has 4 aliphatic rings. The van der Waals surface area contributed by atoms with Crippen LogP contribution in [0, 0.1) is 34.5 Å². The number of ether oxygens (including phenoxy) is 2. The number of carbonyl (C=O) groups excluding carboxylic acids is 2. The van der Waals surface area contributed by atoms with Gasteiger partial charge in [-0.2, -0.15) is 0 Å². The zero-order valence-electron chi connectivity index (χ0n) is 18.7. The summed E-state index contributed by atoms with van der Waals surface area (Å²) in [7, 11) is 0. The summed E-state index contributed by atoms with van der Waals surface area (Å²) >= 11 is 0. The van der Waals surface area contributed by atoms with Crippen LogP contribution in [0.15, 0.2) is 0 Å². The van der Waals surface area contributed by atoms with Crippen LogP contribution in [-0.2, 0) is 19.1 Å². The maximum atomic E-state index is 11.8. The van der Waals surface area contributed by atoms with E-state index in [2.05, 4.69) is 13.8 Å². The highest BCUT2D eigenvalue weighted by atomic mass is 16.5. The molecular formula is C24H38O5. The highest BCUT2D eigenvalue weighted by Crippen LogP contribution is 2.69. The Labute approximate surface area is 174 Å². The van der Waals surface area contributed by atoms with E-state index in [9.17, 15) is 14.7 Å². The van der Waals surface area contributed by atoms with E-state index in [-0.39, 0.29) is 40.9 Å². The van der Waals surface area contributed by atoms with Crippen LogP contribution in [0.25, 0.3) is 0 Å². The van der Waals surface area contributed by atoms with Crippen molar-refractivity contribution in [2.24, 2.45) is 34.5 Å². The van der Waals surface area contributed by atoms with Crippen molar-refractivity contribution in [2.45, 2.75) is 104 Å². The molecule has 4 saturated carbocycles. The summed E-state index contributed by atoms with van der Waals surface area (Å²) in [6, 6.07) is 0. The standard InChI is InChI=1S/C24H38O5/c1-14(25)28-17-10-11-22(3)16(12-17)6-7-18-19-8-9-20(29-15(2)26)23(19,4)13-24(5,27)21(18)22/h16-21,27H,6-13H2,1-5H3/t16-,17+,18+,19-,20+,21-,22-,23-,24-/m0/s1. The van der Waals surface area contributed by atoms with E-state index < -0.39 is 5.60 Å². The molecule has 0 aromatic carbocycles. The zero-order chi connectivity index (χ0) is 21.2. The summed E-state index contributed by atoms with van der Waals surface area (Å²) in [5.74, 6) is 1.31. The van der Waals surface area contributed by atoms with Gasteiger partial charge in [0.15, 0.2) is 0 Å². The number of aliphatic hydroxyl groups is 1. The van der Waals surface area contributed by atoms with Gasteiger partial charge in [0.25, 0.3) is 0 Å². The van der Waals surface area contributed by atoms with Crippen LogP contribution in [-0.4, -0.2) is 34.9 Å². The van der Waals surface area contributed by atoms with Gasteiger partial charge >= 0.3 is 11.9 Å². The van der Waals surface area contributed by atoms with Gasteiger partial charge in [0.2, 0.25) is 0 Å². The molecule has 0 amide bonds. The fourth-order valence-electron chi connectivity index (χ4n) is 8.69. The summed E-state index contributed by atoms with van der Waals surface area (Å²) in [4.78, 5) is 23.1. The molecular weight excluding hydrogens is 368 g/mol. The van der Waals surface area contributed by atoms with Crippen molar-refractivity contribution in [3.05, 3.63) is 0 Å². The van der Waals surface area contributed by atoms with E-state index in [4.69, 9.17) is 9.47 Å². The summed E-state index contributed by atoms with van der Waals surface area (Å²) in [5, 5.41) is 11.8. The second-order valence-electron chi connectivity index (χ2n) is 11.2. The Hall–Kier alpha value is -1.10. The lowest BCUT2D eigenvalue weighted by molar-refractivity contribution is -0.228. The number of esters is 2. The third kappa shape index (κ3) is 3.32. The van der Waals surface area contributed by atoms with Gasteiger partial charge in [-0.3, -0.25) is 9.59 Å². The van der Waals surface area contributed by atoms with Crippen LogP contribution in [0.1, 0.15) is 86.0 Å². The van der Waals surface area contributed by atoms with Crippen LogP contribution < -0.4 is 0 Å². The van der Waals surface area contributed by atoms with Gasteiger partial charge < -0.3 is 14.6 Å². The lowest BCUT2D eigenvalue weighted by Crippen LogP contribution is -2.64. The van der Waals surface area contributed by atoms with Crippen molar-refractivity contribution in [3.63, 3.8) is 0 Å². The molecule has 164 valence electrons. The highest BCUT2D eigenvalue weighted by Gasteiger charge is 2.67. The lowest BCUT2D eigenvalue weighted by Gasteiger charge is -2.65. The number of carbonyl (C=O) groups is 2. The van der Waals surface area contributed by atoms with Crippen molar-refractivity contribution in [1.82, 2.24) is 0 Å². The molecule has 0 bridgehead atoms. The monoisotopic (exact) mass is 406 g/mol. The first-order valence-electron chi connectivity index (χ1n) is 11.5. The minimum Gasteiger partial charge on any atom is -0.463 e. The van der Waals surface area contributed by atoms with Crippen molar-refractivity contribution in [3.8, 4) is 0 Å². The molecule has 0 heterocycles. The minimum absolute atomic E-state index is 0.0285. The second-order valence-corrected chi connectivity index (χ2v) is 11.2. The van der Waals surface area contributed by atoms with Crippen LogP contribution in [0.3, 0.4) is 0 Å². The van der Waals surface area contributed by atoms with E-state index >= 15 is 0 Å². The number of rotatable bonds is 2. The topological polar surface area (TPSA) is 72.8 Å². The van der Waals surface area contributed by atoms with Gasteiger partial charge in [0.05, 0.1) is 5.60 Å². The Morgan fingerprint density at radius 1 is 0.897 bits per heavy atom. The summed E-state index contributed by atoms with van der Waals surface area (Å²) in [6.45, 7) is 9.65. The van der Waals surface area contributed by atoms with Crippen LogP contribution in [0.5, 0.6) is 0 Å². The quantitative estimate of drug-likeness (QED) is 0.694. The number of hydrogen-bond donors (Lipinski definition) is 1. The average molecular weight is 407 g/mol. The lowest BCUT2D eigenvalue weighted by atomic mass is 9.41. The largest absolute Gasteiger partial charge is 0.463 e. The van der Waals surface area contributed by atoms with E-state index in [0.717, 1.165) is 44.9 Å². The van der Waals surface area contributed by atoms with Gasteiger partial charge in [-0.1, -0.05) is 13.8 Å². The Bertz CT molecular complexity index is 687. The van der Waals surface area contributed by atoms with E-state index in [1.807, 2.05) is 6.92 Å². The Morgan fingerprint density at radius 2 is 1.59 bits per heavy atom. The Balaban J connectivity index is 1.61. The predicted octanol–water partition coefficient (Wildman–Crippen LogP) is 4.25. The fraction of sp³-hybridized carbons (Fsp3) is 0.917. The molecule has 4 aliphatic carbocycles. The number of hydrogen-bond acceptors (Lipinski definition) is 5. The van der Waals surface area contributed by atoms with Gasteiger partial charge in [0.1, 0.15) is 12.2 Å². The molecule has 1 N–H and O–H groups in total. The third-order valence-electron chi connectivity index (χ3n) is 9.36. The maximum Gasteiger partial charge on any atom is 0.302 e. The first-order valence-corrected chi connectivity index (χ1v) is 11.5. The molecule has 29 heavy (non-hydrogen) atoms. The van der Waals surface area contributed by atoms with E-state index in [1.54, 1.807) is 0 Å². The molecule has 0 unspecified atom stereocenters. The molecule has 0 aliphatic heterocycles. The molecule has 5 nitrogen and oxygen atoms in total. The van der Waals surface area contributed by atoms with Gasteiger partial charge in [-0.25, -0.2) is 0 Å². The first kappa shape index (κ1) is 21.1. The van der Waals surface area contributed by atoms with Gasteiger partial charge in [-0.15, -0.1) is 0 Å². The molecule has 9 atom stereocenters. The van der Waals surface area contributed by atoms with Crippen molar-refractivity contribution >= 4 is 11.9 Å². The van der Waals surface area contributed by atoms with Gasteiger partial charge in [-0.05, 0) is 87.4 Å². The zero-order valence-corrected chi connectivity index (χ0v) is 18.7. The average Bonchev–Trinajstić information content (AvgIpc) is 2.88. The molecule has 5 heteroatoms. The molecule has 0 radical (unpaired) electrons.